The van der Waals surface area contributed by atoms with Gasteiger partial charge in [-0.3, -0.25) is 9.48 Å². The summed E-state index contributed by atoms with van der Waals surface area (Å²) in [4.78, 5) is 13.1. The molecule has 1 saturated heterocycles. The van der Waals surface area contributed by atoms with Gasteiger partial charge in [-0.25, -0.2) is 0 Å². The Morgan fingerprint density at radius 3 is 2.65 bits per heavy atom. The molecule has 1 aromatic carbocycles. The standard InChI is InChI=1S/C19H26N4O2.ClH/c1-14(2)25-17-6-5-16(13-15(17)3)22-18(24)19(7-10-20-11-8-19)23-12-4-9-21-23;/h4-6,9,12-14,20H,7-8,10-11H2,1-3H3,(H,22,24);1H. The van der Waals surface area contributed by atoms with Gasteiger partial charge in [-0.05, 0) is 76.5 Å². The minimum atomic E-state index is -0.643. The van der Waals surface area contributed by atoms with Crippen LogP contribution in [0.2, 0.25) is 0 Å². The number of nitrogens with one attached hydrogen (secondary N) is 2. The highest BCUT2D eigenvalue weighted by Crippen LogP contribution is 2.30. The molecule has 2 aromatic rings. The molecule has 0 spiro atoms. The van der Waals surface area contributed by atoms with Gasteiger partial charge in [0.25, 0.3) is 5.91 Å². The highest BCUT2D eigenvalue weighted by Gasteiger charge is 2.42. The molecule has 142 valence electrons. The van der Waals surface area contributed by atoms with Gasteiger partial charge < -0.3 is 15.4 Å². The molecule has 0 bridgehead atoms. The van der Waals surface area contributed by atoms with Crippen molar-refractivity contribution in [1.82, 2.24) is 15.1 Å². The quantitative estimate of drug-likeness (QED) is 0.838. The number of ether oxygens (including phenoxy) is 1. The molecule has 0 atom stereocenters. The van der Waals surface area contributed by atoms with Gasteiger partial charge >= 0.3 is 0 Å². The van der Waals surface area contributed by atoms with E-state index >= 15 is 0 Å². The van der Waals surface area contributed by atoms with Gasteiger partial charge in [0.2, 0.25) is 0 Å². The Balaban J connectivity index is 0.00000243. The third-order valence-corrected chi connectivity index (χ3v) is 4.59. The van der Waals surface area contributed by atoms with Gasteiger partial charge in [0, 0.05) is 18.1 Å². The van der Waals surface area contributed by atoms with Crippen molar-refractivity contribution in [3.05, 3.63) is 42.2 Å². The molecule has 0 saturated carbocycles. The van der Waals surface area contributed by atoms with Crippen molar-refractivity contribution < 1.29 is 9.53 Å². The van der Waals surface area contributed by atoms with Crippen molar-refractivity contribution in [2.24, 2.45) is 0 Å². The molecule has 1 fully saturated rings. The number of halogens is 1. The topological polar surface area (TPSA) is 68.2 Å². The number of piperidine rings is 1. The van der Waals surface area contributed by atoms with Gasteiger partial charge in [0.05, 0.1) is 6.10 Å². The van der Waals surface area contributed by atoms with Crippen LogP contribution >= 0.6 is 12.4 Å². The Morgan fingerprint density at radius 2 is 2.08 bits per heavy atom. The van der Waals surface area contributed by atoms with Crippen LogP contribution in [0, 0.1) is 6.92 Å². The predicted octanol–water partition coefficient (Wildman–Crippen LogP) is 3.12. The molecule has 2 heterocycles. The van der Waals surface area contributed by atoms with Crippen molar-refractivity contribution in [2.45, 2.75) is 45.3 Å². The maximum Gasteiger partial charge on any atom is 0.252 e. The summed E-state index contributed by atoms with van der Waals surface area (Å²) in [5, 5.41) is 10.7. The lowest BCUT2D eigenvalue weighted by Gasteiger charge is -2.36. The first-order valence-electron chi connectivity index (χ1n) is 8.81. The highest BCUT2D eigenvalue weighted by atomic mass is 35.5. The van der Waals surface area contributed by atoms with Crippen LogP contribution in [0.1, 0.15) is 32.3 Å². The molecule has 1 aliphatic heterocycles. The summed E-state index contributed by atoms with van der Waals surface area (Å²) in [6.07, 6.45) is 5.15. The van der Waals surface area contributed by atoms with Gasteiger partial charge in [-0.15, -0.1) is 12.4 Å². The van der Waals surface area contributed by atoms with E-state index in [0.717, 1.165) is 30.1 Å². The zero-order valence-electron chi connectivity index (χ0n) is 15.5. The van der Waals surface area contributed by atoms with Crippen molar-refractivity contribution in [1.29, 1.82) is 0 Å². The Bertz CT molecular complexity index is 725. The lowest BCUT2D eigenvalue weighted by Crippen LogP contribution is -2.52. The SMILES string of the molecule is Cc1cc(NC(=O)C2(n3cccn3)CCNCC2)ccc1OC(C)C.Cl. The molecule has 7 heteroatoms. The Kier molecular flexibility index (Phi) is 6.67. The molecule has 6 nitrogen and oxygen atoms in total. The van der Waals surface area contributed by atoms with Crippen LogP contribution in [0.15, 0.2) is 36.7 Å². The minimum Gasteiger partial charge on any atom is -0.491 e. The molecule has 2 N–H and O–H groups in total. The van der Waals surface area contributed by atoms with Crippen molar-refractivity contribution in [3.63, 3.8) is 0 Å². The Hall–Kier alpha value is -2.05. The Labute approximate surface area is 160 Å². The smallest absolute Gasteiger partial charge is 0.252 e. The lowest BCUT2D eigenvalue weighted by atomic mass is 9.87. The second-order valence-electron chi connectivity index (χ2n) is 6.83. The summed E-state index contributed by atoms with van der Waals surface area (Å²) in [5.74, 6) is 0.825. The van der Waals surface area contributed by atoms with E-state index in [0.29, 0.717) is 12.8 Å². The molecule has 0 radical (unpaired) electrons. The maximum absolute atomic E-state index is 13.1. The molecule has 0 unspecified atom stereocenters. The summed E-state index contributed by atoms with van der Waals surface area (Å²) in [6, 6.07) is 7.61. The number of carbonyl (C=O) groups excluding carboxylic acids is 1. The summed E-state index contributed by atoms with van der Waals surface area (Å²) in [6.45, 7) is 7.59. The molecular weight excluding hydrogens is 352 g/mol. The lowest BCUT2D eigenvalue weighted by molar-refractivity contribution is -0.126. The number of nitrogens with zero attached hydrogens (tertiary/aromatic N) is 2. The Morgan fingerprint density at radius 1 is 1.35 bits per heavy atom. The summed E-state index contributed by atoms with van der Waals surface area (Å²) < 4.78 is 7.56. The first-order valence-corrected chi connectivity index (χ1v) is 8.81. The average molecular weight is 379 g/mol. The number of benzene rings is 1. The van der Waals surface area contributed by atoms with E-state index in [1.165, 1.54) is 0 Å². The molecule has 26 heavy (non-hydrogen) atoms. The fourth-order valence-electron chi connectivity index (χ4n) is 3.28. The van der Waals surface area contributed by atoms with E-state index in [-0.39, 0.29) is 24.4 Å². The van der Waals surface area contributed by atoms with E-state index in [2.05, 4.69) is 15.7 Å². The van der Waals surface area contributed by atoms with Crippen LogP contribution in [-0.2, 0) is 10.3 Å². The largest absolute Gasteiger partial charge is 0.491 e. The normalized spacial score (nSPS) is 16.0. The number of rotatable bonds is 5. The highest BCUT2D eigenvalue weighted by molar-refractivity contribution is 5.97. The third kappa shape index (κ3) is 4.19. The number of aryl methyl sites for hydroxylation is 1. The number of carbonyl (C=O) groups is 1. The van der Waals surface area contributed by atoms with E-state index in [1.807, 2.05) is 51.2 Å². The van der Waals surface area contributed by atoms with Crippen LogP contribution in [-0.4, -0.2) is 34.9 Å². The number of hydrogen-bond acceptors (Lipinski definition) is 4. The van der Waals surface area contributed by atoms with Crippen LogP contribution in [0.25, 0.3) is 0 Å². The number of amides is 1. The molecule has 1 aliphatic rings. The van der Waals surface area contributed by atoms with Crippen LogP contribution in [0.4, 0.5) is 5.69 Å². The second-order valence-corrected chi connectivity index (χ2v) is 6.83. The number of aromatic nitrogens is 2. The van der Waals surface area contributed by atoms with E-state index in [1.54, 1.807) is 10.9 Å². The number of hydrogen-bond donors (Lipinski definition) is 2. The summed E-state index contributed by atoms with van der Waals surface area (Å²) in [7, 11) is 0. The van der Waals surface area contributed by atoms with Crippen LogP contribution < -0.4 is 15.4 Å². The second kappa shape index (κ2) is 8.56. The van der Waals surface area contributed by atoms with Crippen molar-refractivity contribution in [3.8, 4) is 5.75 Å². The van der Waals surface area contributed by atoms with E-state index in [9.17, 15) is 4.79 Å². The number of anilines is 1. The van der Waals surface area contributed by atoms with Crippen LogP contribution in [0.3, 0.4) is 0 Å². The summed E-state index contributed by atoms with van der Waals surface area (Å²) >= 11 is 0. The van der Waals surface area contributed by atoms with Crippen molar-refractivity contribution in [2.75, 3.05) is 18.4 Å². The fraction of sp³-hybridized carbons (Fsp3) is 0.474. The van der Waals surface area contributed by atoms with Crippen LogP contribution in [0.5, 0.6) is 5.75 Å². The molecule has 1 amide bonds. The van der Waals surface area contributed by atoms with Gasteiger partial charge in [0.1, 0.15) is 11.3 Å². The monoisotopic (exact) mass is 378 g/mol. The summed E-state index contributed by atoms with van der Waals surface area (Å²) in [5.41, 5.74) is 1.14. The van der Waals surface area contributed by atoms with Gasteiger partial charge in [-0.2, -0.15) is 5.10 Å². The average Bonchev–Trinajstić information content (AvgIpc) is 3.12. The third-order valence-electron chi connectivity index (χ3n) is 4.59. The predicted molar refractivity (Wildman–Crippen MR) is 105 cm³/mol. The first kappa shape index (κ1) is 20.3. The molecule has 1 aromatic heterocycles. The molecular formula is C19H27ClN4O2. The molecule has 0 aliphatic carbocycles. The van der Waals surface area contributed by atoms with Gasteiger partial charge in [0.15, 0.2) is 0 Å². The van der Waals surface area contributed by atoms with Crippen molar-refractivity contribution >= 4 is 24.0 Å². The van der Waals surface area contributed by atoms with E-state index in [4.69, 9.17) is 4.74 Å². The minimum absolute atomic E-state index is 0. The van der Waals surface area contributed by atoms with Gasteiger partial charge in [-0.1, -0.05) is 0 Å². The fourth-order valence-corrected chi connectivity index (χ4v) is 3.28. The maximum atomic E-state index is 13.1. The zero-order valence-corrected chi connectivity index (χ0v) is 16.3. The molecule has 3 rings (SSSR count). The van der Waals surface area contributed by atoms with E-state index < -0.39 is 5.54 Å². The first-order chi connectivity index (χ1) is 12.0. The zero-order chi connectivity index (χ0) is 17.9.